The number of hydrogen-bond acceptors (Lipinski definition) is 5. The first-order valence-electron chi connectivity index (χ1n) is 9.80. The second-order valence-corrected chi connectivity index (χ2v) is 8.12. The molecule has 0 saturated carbocycles. The molecule has 1 aromatic heterocycles. The standard InChI is InChI=1S/C12H11ClF2N2O.C8H13F3N2O/c1-7(2)12(14,15)18-8-3-4-9-10(5-8)16-6-17-11(9)13;1-5(12)7(14)13-3-2-6(4-13)8(9,10)11/h3-7H,1-2H3;5-6H,2-4,12H2,1H3/t;5-,6?/m.1/s1. The Bertz CT molecular complexity index is 940. The van der Waals surface area contributed by atoms with E-state index >= 15 is 0 Å². The van der Waals surface area contributed by atoms with Gasteiger partial charge in [-0.05, 0) is 25.5 Å². The maximum absolute atomic E-state index is 13.4. The second kappa shape index (κ2) is 10.1. The maximum Gasteiger partial charge on any atom is 0.400 e. The van der Waals surface area contributed by atoms with Gasteiger partial charge in [-0.3, -0.25) is 4.79 Å². The Balaban J connectivity index is 0.000000235. The molecule has 0 radical (unpaired) electrons. The summed E-state index contributed by atoms with van der Waals surface area (Å²) in [5.41, 5.74) is 5.76. The predicted octanol–water partition coefficient (Wildman–Crippen LogP) is 4.66. The van der Waals surface area contributed by atoms with Crippen LogP contribution in [0.5, 0.6) is 5.75 Å². The predicted molar refractivity (Wildman–Crippen MR) is 109 cm³/mol. The van der Waals surface area contributed by atoms with E-state index in [1.165, 1.54) is 44.1 Å². The number of nitrogens with two attached hydrogens (primary N) is 1. The van der Waals surface area contributed by atoms with Crippen LogP contribution in [0.3, 0.4) is 0 Å². The Morgan fingerprint density at radius 2 is 1.88 bits per heavy atom. The Labute approximate surface area is 186 Å². The van der Waals surface area contributed by atoms with E-state index < -0.39 is 36.1 Å². The number of carbonyl (C=O) groups is 1. The van der Waals surface area contributed by atoms with Crippen molar-refractivity contribution in [1.29, 1.82) is 0 Å². The summed E-state index contributed by atoms with van der Waals surface area (Å²) in [7, 11) is 0. The quantitative estimate of drug-likeness (QED) is 0.506. The lowest BCUT2D eigenvalue weighted by Gasteiger charge is -2.21. The molecule has 0 bridgehead atoms. The number of halogens is 6. The molecule has 12 heteroatoms. The number of likely N-dealkylation sites (tertiary alicyclic amines) is 1. The number of fused-ring (bicyclic) bond motifs is 1. The molecule has 178 valence electrons. The number of benzene rings is 1. The summed E-state index contributed by atoms with van der Waals surface area (Å²) in [5, 5.41) is 0.876. The van der Waals surface area contributed by atoms with Crippen LogP contribution in [0.15, 0.2) is 24.5 Å². The van der Waals surface area contributed by atoms with Gasteiger partial charge in [0.1, 0.15) is 17.2 Å². The van der Waals surface area contributed by atoms with Gasteiger partial charge >= 0.3 is 12.3 Å². The van der Waals surface area contributed by atoms with Gasteiger partial charge < -0.3 is 15.4 Å². The van der Waals surface area contributed by atoms with Gasteiger partial charge in [0.2, 0.25) is 5.91 Å². The van der Waals surface area contributed by atoms with Gasteiger partial charge in [0.15, 0.2) is 0 Å². The van der Waals surface area contributed by atoms with Gasteiger partial charge in [-0.1, -0.05) is 25.4 Å². The van der Waals surface area contributed by atoms with Crippen LogP contribution in [0, 0.1) is 11.8 Å². The number of nitrogens with zero attached hydrogens (tertiary/aromatic N) is 3. The lowest BCUT2D eigenvalue weighted by molar-refractivity contribution is -0.207. The third-order valence-electron chi connectivity index (χ3n) is 4.84. The van der Waals surface area contributed by atoms with Crippen LogP contribution in [0.25, 0.3) is 10.9 Å². The van der Waals surface area contributed by atoms with Crippen LogP contribution < -0.4 is 10.5 Å². The molecule has 6 nitrogen and oxygen atoms in total. The normalized spacial score (nSPS) is 17.8. The molecular weight excluding hydrogens is 459 g/mol. The zero-order valence-corrected chi connectivity index (χ0v) is 18.4. The van der Waals surface area contributed by atoms with E-state index in [4.69, 9.17) is 17.3 Å². The minimum atomic E-state index is -4.20. The Morgan fingerprint density at radius 1 is 1.22 bits per heavy atom. The van der Waals surface area contributed by atoms with Crippen molar-refractivity contribution in [1.82, 2.24) is 14.9 Å². The van der Waals surface area contributed by atoms with Crippen molar-refractivity contribution < 1.29 is 31.5 Å². The first-order chi connectivity index (χ1) is 14.7. The summed E-state index contributed by atoms with van der Waals surface area (Å²) in [5.74, 6) is -2.65. The summed E-state index contributed by atoms with van der Waals surface area (Å²) >= 11 is 5.85. The van der Waals surface area contributed by atoms with Crippen LogP contribution >= 0.6 is 11.6 Å². The number of ether oxygens (including phenoxy) is 1. The molecule has 32 heavy (non-hydrogen) atoms. The fourth-order valence-electron chi connectivity index (χ4n) is 2.86. The van der Waals surface area contributed by atoms with Crippen molar-refractivity contribution in [2.75, 3.05) is 13.1 Å². The van der Waals surface area contributed by atoms with Gasteiger partial charge in [-0.15, -0.1) is 0 Å². The van der Waals surface area contributed by atoms with Gasteiger partial charge in [0.25, 0.3) is 0 Å². The average Bonchev–Trinajstić information content (AvgIpc) is 3.18. The zero-order valence-electron chi connectivity index (χ0n) is 17.7. The van der Waals surface area contributed by atoms with Crippen LogP contribution in [-0.2, 0) is 4.79 Å². The van der Waals surface area contributed by atoms with E-state index in [2.05, 4.69) is 14.7 Å². The highest BCUT2D eigenvalue weighted by Gasteiger charge is 2.44. The van der Waals surface area contributed by atoms with Crippen molar-refractivity contribution in [3.05, 3.63) is 29.7 Å². The third-order valence-corrected chi connectivity index (χ3v) is 5.14. The monoisotopic (exact) mass is 482 g/mol. The smallest absolute Gasteiger partial charge is 0.400 e. The molecular formula is C20H24ClF5N4O2. The number of alkyl halides is 5. The highest BCUT2D eigenvalue weighted by atomic mass is 35.5. The van der Waals surface area contributed by atoms with E-state index in [0.717, 1.165) is 0 Å². The SMILES string of the molecule is CC(C)C(F)(F)Oc1ccc2c(Cl)ncnc2c1.C[C@@H](N)C(=O)N1CCC(C(F)(F)F)C1. The fourth-order valence-corrected chi connectivity index (χ4v) is 3.06. The first kappa shape index (κ1) is 26.0. The molecule has 1 unspecified atom stereocenters. The second-order valence-electron chi connectivity index (χ2n) is 7.76. The van der Waals surface area contributed by atoms with E-state index in [1.54, 1.807) is 6.07 Å². The van der Waals surface area contributed by atoms with Crippen molar-refractivity contribution in [3.63, 3.8) is 0 Å². The molecule has 0 aliphatic carbocycles. The summed E-state index contributed by atoms with van der Waals surface area (Å²) < 4.78 is 68.2. The summed E-state index contributed by atoms with van der Waals surface area (Å²) in [6.45, 7) is 4.16. The highest BCUT2D eigenvalue weighted by molar-refractivity contribution is 6.34. The van der Waals surface area contributed by atoms with Gasteiger partial charge in [0, 0.05) is 24.5 Å². The van der Waals surface area contributed by atoms with Crippen molar-refractivity contribution in [2.45, 2.75) is 45.5 Å². The molecule has 1 aromatic carbocycles. The van der Waals surface area contributed by atoms with E-state index in [-0.39, 0.29) is 30.4 Å². The van der Waals surface area contributed by atoms with Crippen LogP contribution in [0.4, 0.5) is 22.0 Å². The molecule has 2 aromatic rings. The summed E-state index contributed by atoms with van der Waals surface area (Å²) in [6, 6.07) is 3.68. The van der Waals surface area contributed by atoms with Crippen molar-refractivity contribution in [2.24, 2.45) is 17.6 Å². The molecule has 1 fully saturated rings. The number of amides is 1. The maximum atomic E-state index is 13.4. The Morgan fingerprint density at radius 3 is 2.41 bits per heavy atom. The number of hydrogen-bond donors (Lipinski definition) is 1. The van der Waals surface area contributed by atoms with Crippen LogP contribution in [-0.4, -0.2) is 52.2 Å². The largest absolute Gasteiger partial charge is 0.432 e. The molecule has 1 saturated heterocycles. The van der Waals surface area contributed by atoms with E-state index in [0.29, 0.717) is 10.9 Å². The lowest BCUT2D eigenvalue weighted by Crippen LogP contribution is -2.41. The van der Waals surface area contributed by atoms with Crippen LogP contribution in [0.2, 0.25) is 5.15 Å². The zero-order chi connectivity index (χ0) is 24.3. The van der Waals surface area contributed by atoms with Gasteiger partial charge in [-0.25, -0.2) is 9.97 Å². The molecule has 1 aliphatic heterocycles. The molecule has 3 rings (SSSR count). The molecule has 2 heterocycles. The van der Waals surface area contributed by atoms with E-state index in [9.17, 15) is 26.7 Å². The van der Waals surface area contributed by atoms with E-state index in [1.807, 2.05) is 0 Å². The minimum absolute atomic E-state index is 0.0119. The Hall–Kier alpha value is -2.27. The molecule has 1 amide bonds. The lowest BCUT2D eigenvalue weighted by atomic mass is 10.1. The fraction of sp³-hybridized carbons (Fsp3) is 0.550. The van der Waals surface area contributed by atoms with Crippen LogP contribution in [0.1, 0.15) is 27.2 Å². The molecule has 2 atom stereocenters. The number of carbonyl (C=O) groups excluding carboxylic acids is 1. The topological polar surface area (TPSA) is 81.3 Å². The van der Waals surface area contributed by atoms with Crippen molar-refractivity contribution in [3.8, 4) is 5.75 Å². The molecule has 0 spiro atoms. The first-order valence-corrected chi connectivity index (χ1v) is 10.2. The number of aromatic nitrogens is 2. The highest BCUT2D eigenvalue weighted by Crippen LogP contribution is 2.33. The molecule has 2 N–H and O–H groups in total. The average molecular weight is 483 g/mol. The van der Waals surface area contributed by atoms with Gasteiger partial charge in [-0.2, -0.15) is 22.0 Å². The third kappa shape index (κ3) is 6.61. The Kier molecular flexibility index (Phi) is 8.22. The summed E-state index contributed by atoms with van der Waals surface area (Å²) in [6.07, 6.45) is -6.16. The molecule has 1 aliphatic rings. The van der Waals surface area contributed by atoms with Gasteiger partial charge in [0.05, 0.1) is 23.4 Å². The van der Waals surface area contributed by atoms with Crippen molar-refractivity contribution >= 4 is 28.4 Å². The number of rotatable bonds is 4. The minimum Gasteiger partial charge on any atom is -0.432 e. The summed E-state index contributed by atoms with van der Waals surface area (Å²) in [4.78, 5) is 20.2.